The van der Waals surface area contributed by atoms with E-state index in [0.29, 0.717) is 0 Å². The van der Waals surface area contributed by atoms with Gasteiger partial charge in [0, 0.05) is 0 Å². The average molecular weight is 453 g/mol. The van der Waals surface area contributed by atoms with E-state index >= 15 is 0 Å². The number of aryl methyl sites for hydroxylation is 1. The summed E-state index contributed by atoms with van der Waals surface area (Å²) >= 11 is 0. The Bertz CT molecular complexity index is 1360. The highest BCUT2D eigenvalue weighted by Gasteiger charge is 2.44. The smallest absolute Gasteiger partial charge is 0.0703 e. The second-order valence-corrected chi connectivity index (χ2v) is 9.80. The first-order valence-corrected chi connectivity index (χ1v) is 13.1. The van der Waals surface area contributed by atoms with E-state index in [0.717, 1.165) is 38.5 Å². The SMILES string of the molecule is C1=CCCC=CC(c2ccc(C3(c4ccccc4)C4=CCCC=C4CCc4ccccc43)cc2)=C1. The van der Waals surface area contributed by atoms with Crippen LogP contribution in [0.4, 0.5) is 0 Å². The van der Waals surface area contributed by atoms with Crippen LogP contribution < -0.4 is 0 Å². The van der Waals surface area contributed by atoms with Crippen LogP contribution in [0.25, 0.3) is 5.57 Å². The lowest BCUT2D eigenvalue weighted by Crippen LogP contribution is -2.33. The molecule has 0 spiro atoms. The van der Waals surface area contributed by atoms with Gasteiger partial charge in [-0.25, -0.2) is 0 Å². The average Bonchev–Trinajstić information content (AvgIpc) is 3.05. The molecule has 35 heavy (non-hydrogen) atoms. The van der Waals surface area contributed by atoms with Crippen molar-refractivity contribution in [2.75, 3.05) is 0 Å². The lowest BCUT2D eigenvalue weighted by atomic mass is 9.62. The molecule has 0 saturated heterocycles. The van der Waals surface area contributed by atoms with Crippen LogP contribution in [0, 0.1) is 0 Å². The highest BCUT2D eigenvalue weighted by atomic mass is 14.5. The lowest BCUT2D eigenvalue weighted by molar-refractivity contribution is 0.718. The van der Waals surface area contributed by atoms with Gasteiger partial charge in [0.25, 0.3) is 0 Å². The molecule has 0 amide bonds. The van der Waals surface area contributed by atoms with Gasteiger partial charge in [0.05, 0.1) is 5.41 Å². The Morgan fingerprint density at radius 2 is 1.34 bits per heavy atom. The fourth-order valence-corrected chi connectivity index (χ4v) is 6.18. The third-order valence-electron chi connectivity index (χ3n) is 7.81. The molecule has 3 aromatic carbocycles. The highest BCUT2D eigenvalue weighted by molar-refractivity contribution is 5.76. The Labute approximate surface area is 209 Å². The molecule has 0 aliphatic heterocycles. The van der Waals surface area contributed by atoms with Gasteiger partial charge in [0.2, 0.25) is 0 Å². The molecule has 0 heterocycles. The lowest BCUT2D eigenvalue weighted by Gasteiger charge is -2.40. The maximum Gasteiger partial charge on any atom is 0.0703 e. The first-order chi connectivity index (χ1) is 17.4. The Hall–Kier alpha value is -3.64. The second kappa shape index (κ2) is 9.55. The van der Waals surface area contributed by atoms with Crippen LogP contribution in [-0.4, -0.2) is 0 Å². The molecule has 3 aliphatic carbocycles. The summed E-state index contributed by atoms with van der Waals surface area (Å²) in [7, 11) is 0. The standard InChI is InChI=1S/C35H32/c1-2-5-13-27(14-6-3-1)28-23-25-32(26-24-28)35(31-17-7-4-8-18-31)33-19-11-9-15-29(33)21-22-30-16-10-12-20-34(30)35/h2,4-9,11,13-20,23-26H,1,3,10,12,21-22H2. The molecular weight excluding hydrogens is 420 g/mol. The van der Waals surface area contributed by atoms with Gasteiger partial charge in [-0.3, -0.25) is 0 Å². The predicted molar refractivity (Wildman–Crippen MR) is 148 cm³/mol. The van der Waals surface area contributed by atoms with Crippen LogP contribution in [0.5, 0.6) is 0 Å². The first kappa shape index (κ1) is 21.9. The van der Waals surface area contributed by atoms with E-state index in [2.05, 4.69) is 121 Å². The molecule has 0 heteroatoms. The van der Waals surface area contributed by atoms with Gasteiger partial charge in [-0.1, -0.05) is 121 Å². The molecule has 0 N–H and O–H groups in total. The van der Waals surface area contributed by atoms with Crippen LogP contribution in [-0.2, 0) is 11.8 Å². The van der Waals surface area contributed by atoms with Gasteiger partial charge >= 0.3 is 0 Å². The molecule has 1 unspecified atom stereocenters. The zero-order chi connectivity index (χ0) is 23.5. The number of hydrogen-bond acceptors (Lipinski definition) is 0. The summed E-state index contributed by atoms with van der Waals surface area (Å²) in [6.07, 6.45) is 23.0. The second-order valence-electron chi connectivity index (χ2n) is 9.80. The number of fused-ring (bicyclic) bond motifs is 2. The van der Waals surface area contributed by atoms with Crippen molar-refractivity contribution >= 4 is 5.57 Å². The first-order valence-electron chi connectivity index (χ1n) is 13.1. The zero-order valence-electron chi connectivity index (χ0n) is 20.3. The van der Waals surface area contributed by atoms with E-state index < -0.39 is 0 Å². The molecule has 0 bridgehead atoms. The maximum atomic E-state index is 2.53. The molecule has 6 rings (SSSR count). The molecule has 3 aliphatic rings. The summed E-state index contributed by atoms with van der Waals surface area (Å²) in [5.41, 5.74) is 10.9. The molecule has 0 aromatic heterocycles. The van der Waals surface area contributed by atoms with Gasteiger partial charge < -0.3 is 0 Å². The van der Waals surface area contributed by atoms with Crippen molar-refractivity contribution in [3.05, 3.63) is 160 Å². The van der Waals surface area contributed by atoms with E-state index in [-0.39, 0.29) is 5.41 Å². The van der Waals surface area contributed by atoms with Gasteiger partial charge in [0.1, 0.15) is 0 Å². The number of allylic oxidation sites excluding steroid dienone is 10. The summed E-state index contributed by atoms with van der Waals surface area (Å²) < 4.78 is 0. The van der Waals surface area contributed by atoms with Crippen molar-refractivity contribution in [2.45, 2.75) is 43.9 Å². The van der Waals surface area contributed by atoms with Crippen molar-refractivity contribution in [1.82, 2.24) is 0 Å². The fourth-order valence-electron chi connectivity index (χ4n) is 6.18. The molecule has 0 radical (unpaired) electrons. The maximum absolute atomic E-state index is 2.53. The Morgan fingerprint density at radius 1 is 0.600 bits per heavy atom. The summed E-state index contributed by atoms with van der Waals surface area (Å²) in [6.45, 7) is 0. The van der Waals surface area contributed by atoms with Crippen molar-refractivity contribution in [3.8, 4) is 0 Å². The topological polar surface area (TPSA) is 0 Å². The molecule has 0 fully saturated rings. The third kappa shape index (κ3) is 3.88. The Morgan fingerprint density at radius 3 is 2.23 bits per heavy atom. The zero-order valence-corrected chi connectivity index (χ0v) is 20.3. The van der Waals surface area contributed by atoms with Crippen LogP contribution in [0.2, 0.25) is 0 Å². The van der Waals surface area contributed by atoms with E-state index in [9.17, 15) is 0 Å². The highest BCUT2D eigenvalue weighted by Crippen LogP contribution is 2.52. The third-order valence-corrected chi connectivity index (χ3v) is 7.81. The van der Waals surface area contributed by atoms with Gasteiger partial charge in [0.15, 0.2) is 0 Å². The molecule has 1 atom stereocenters. The summed E-state index contributed by atoms with van der Waals surface area (Å²) in [5, 5.41) is 0. The van der Waals surface area contributed by atoms with Crippen molar-refractivity contribution < 1.29 is 0 Å². The number of benzene rings is 3. The molecule has 172 valence electrons. The normalized spacial score (nSPS) is 21.4. The molecule has 0 saturated carbocycles. The quantitative estimate of drug-likeness (QED) is 0.372. The number of rotatable bonds is 3. The van der Waals surface area contributed by atoms with E-state index in [4.69, 9.17) is 0 Å². The van der Waals surface area contributed by atoms with E-state index in [1.165, 1.54) is 44.5 Å². The van der Waals surface area contributed by atoms with E-state index in [1.54, 1.807) is 0 Å². The number of hydrogen-bond donors (Lipinski definition) is 0. The van der Waals surface area contributed by atoms with Crippen molar-refractivity contribution in [1.29, 1.82) is 0 Å². The van der Waals surface area contributed by atoms with E-state index in [1.807, 2.05) is 0 Å². The van der Waals surface area contributed by atoms with Crippen LogP contribution in [0.15, 0.2) is 133 Å². The summed E-state index contributed by atoms with van der Waals surface area (Å²) in [5.74, 6) is 0. The fraction of sp³-hybridized carbons (Fsp3) is 0.200. The van der Waals surface area contributed by atoms with Crippen molar-refractivity contribution in [2.24, 2.45) is 0 Å². The van der Waals surface area contributed by atoms with Crippen LogP contribution >= 0.6 is 0 Å². The Kier molecular flexibility index (Phi) is 5.96. The predicted octanol–water partition coefficient (Wildman–Crippen LogP) is 8.90. The molecular formula is C35H32. The Balaban J connectivity index is 1.60. The minimum atomic E-state index is -0.301. The summed E-state index contributed by atoms with van der Waals surface area (Å²) in [6, 6.07) is 29.7. The minimum absolute atomic E-state index is 0.301. The van der Waals surface area contributed by atoms with Gasteiger partial charge in [-0.15, -0.1) is 0 Å². The van der Waals surface area contributed by atoms with Gasteiger partial charge in [-0.2, -0.15) is 0 Å². The monoisotopic (exact) mass is 452 g/mol. The van der Waals surface area contributed by atoms with Crippen LogP contribution in [0.1, 0.15) is 59.9 Å². The van der Waals surface area contributed by atoms with Gasteiger partial charge in [-0.05, 0) is 83.1 Å². The van der Waals surface area contributed by atoms with Crippen molar-refractivity contribution in [3.63, 3.8) is 0 Å². The summed E-state index contributed by atoms with van der Waals surface area (Å²) in [4.78, 5) is 0. The largest absolute Gasteiger partial charge is 0.0842 e. The van der Waals surface area contributed by atoms with Crippen LogP contribution in [0.3, 0.4) is 0 Å². The molecule has 3 aromatic rings. The minimum Gasteiger partial charge on any atom is -0.0842 e. The molecule has 0 nitrogen and oxygen atoms in total.